The lowest BCUT2D eigenvalue weighted by Crippen LogP contribution is -2.08. The van der Waals surface area contributed by atoms with E-state index >= 15 is 0 Å². The van der Waals surface area contributed by atoms with Crippen LogP contribution in [0.5, 0.6) is 0 Å². The minimum absolute atomic E-state index is 0.144. The van der Waals surface area contributed by atoms with Gasteiger partial charge in [0, 0.05) is 28.4 Å². The third kappa shape index (κ3) is 3.47. The normalized spacial score (nSPS) is 11.4. The molecule has 25 heavy (non-hydrogen) atoms. The van der Waals surface area contributed by atoms with Crippen molar-refractivity contribution in [2.75, 3.05) is 5.75 Å². The van der Waals surface area contributed by atoms with E-state index in [1.807, 2.05) is 44.2 Å². The van der Waals surface area contributed by atoms with Crippen molar-refractivity contribution in [1.82, 2.24) is 14.5 Å². The van der Waals surface area contributed by atoms with Crippen molar-refractivity contribution in [1.29, 1.82) is 0 Å². The van der Waals surface area contributed by atoms with Gasteiger partial charge in [-0.15, -0.1) is 0 Å². The molecule has 0 fully saturated rings. The number of ketones is 1. The molecule has 0 aliphatic carbocycles. The molecule has 0 saturated heterocycles. The van der Waals surface area contributed by atoms with Crippen molar-refractivity contribution in [3.8, 4) is 0 Å². The van der Waals surface area contributed by atoms with Crippen LogP contribution in [0.3, 0.4) is 0 Å². The summed E-state index contributed by atoms with van der Waals surface area (Å²) in [5.74, 6) is 1.25. The van der Waals surface area contributed by atoms with Crippen LogP contribution in [-0.2, 0) is 0 Å². The van der Waals surface area contributed by atoms with E-state index in [1.54, 1.807) is 0 Å². The smallest absolute Gasteiger partial charge is 0.174 e. The van der Waals surface area contributed by atoms with Crippen LogP contribution in [0.2, 0.25) is 0 Å². The number of para-hydroxylation sites is 1. The van der Waals surface area contributed by atoms with E-state index < -0.39 is 0 Å². The van der Waals surface area contributed by atoms with Crippen molar-refractivity contribution in [3.05, 3.63) is 53.1 Å². The van der Waals surface area contributed by atoms with Gasteiger partial charge in [-0.05, 0) is 46.8 Å². The van der Waals surface area contributed by atoms with Gasteiger partial charge in [0.05, 0.1) is 11.3 Å². The number of fused-ring (bicyclic) bond motifs is 1. The molecule has 0 aliphatic heterocycles. The number of hydrogen-bond donors (Lipinski definition) is 0. The Balaban J connectivity index is 1.85. The van der Waals surface area contributed by atoms with Crippen molar-refractivity contribution in [2.24, 2.45) is 0 Å². The van der Waals surface area contributed by atoms with Gasteiger partial charge in [0.15, 0.2) is 5.78 Å². The van der Waals surface area contributed by atoms with E-state index in [-0.39, 0.29) is 5.78 Å². The molecular formula is C20H23N3OS. The van der Waals surface area contributed by atoms with Gasteiger partial charge in [-0.25, -0.2) is 9.97 Å². The summed E-state index contributed by atoms with van der Waals surface area (Å²) in [6, 6.07) is 10.3. The van der Waals surface area contributed by atoms with E-state index in [0.29, 0.717) is 11.8 Å². The van der Waals surface area contributed by atoms with Gasteiger partial charge < -0.3 is 4.57 Å². The Morgan fingerprint density at radius 3 is 2.56 bits per heavy atom. The molecule has 0 unspecified atom stereocenters. The molecule has 5 heteroatoms. The highest BCUT2D eigenvalue weighted by molar-refractivity contribution is 8.00. The predicted octanol–water partition coefficient (Wildman–Crippen LogP) is 4.91. The van der Waals surface area contributed by atoms with Gasteiger partial charge in [0.1, 0.15) is 10.9 Å². The number of carbonyl (C=O) groups is 1. The minimum atomic E-state index is 0.144. The molecule has 2 heterocycles. The number of hydrogen-bond acceptors (Lipinski definition) is 4. The number of thioether (sulfide) groups is 1. The first kappa shape index (κ1) is 17.7. The summed E-state index contributed by atoms with van der Waals surface area (Å²) >= 11 is 1.49. The molecule has 0 spiro atoms. The highest BCUT2D eigenvalue weighted by atomic mass is 32.2. The average Bonchev–Trinajstić information content (AvgIpc) is 2.86. The molecule has 0 aliphatic rings. The Hall–Kier alpha value is -2.14. The highest BCUT2D eigenvalue weighted by Gasteiger charge is 2.18. The molecule has 0 bridgehead atoms. The van der Waals surface area contributed by atoms with Crippen molar-refractivity contribution < 1.29 is 4.79 Å². The molecule has 4 nitrogen and oxygen atoms in total. The second-order valence-electron chi connectivity index (χ2n) is 6.55. The van der Waals surface area contributed by atoms with Gasteiger partial charge in [0.2, 0.25) is 0 Å². The van der Waals surface area contributed by atoms with Crippen LogP contribution < -0.4 is 0 Å². The summed E-state index contributed by atoms with van der Waals surface area (Å²) in [6.45, 7) is 10.2. The predicted molar refractivity (Wildman–Crippen MR) is 104 cm³/mol. The Kier molecular flexibility index (Phi) is 4.95. The molecule has 130 valence electrons. The lowest BCUT2D eigenvalue weighted by Gasteiger charge is -2.13. The van der Waals surface area contributed by atoms with Crippen LogP contribution in [0.15, 0.2) is 35.4 Å². The summed E-state index contributed by atoms with van der Waals surface area (Å²) in [5, 5.41) is 1.87. The summed E-state index contributed by atoms with van der Waals surface area (Å²) in [5.41, 5.74) is 3.91. The lowest BCUT2D eigenvalue weighted by molar-refractivity contribution is 0.102. The zero-order valence-electron chi connectivity index (χ0n) is 15.3. The first-order valence-electron chi connectivity index (χ1n) is 8.46. The number of rotatable bonds is 5. The Morgan fingerprint density at radius 2 is 1.88 bits per heavy atom. The first-order valence-corrected chi connectivity index (χ1v) is 9.45. The number of carbonyl (C=O) groups excluding carboxylic acids is 1. The average molecular weight is 353 g/mol. The SMILES string of the molecule is Cc1nc(SCC(=O)c2cc(C)n(C(C)C)c2C)c2ccccc2n1. The number of aryl methyl sites for hydroxylation is 2. The van der Waals surface area contributed by atoms with Crippen LogP contribution in [0.1, 0.15) is 47.5 Å². The third-order valence-corrected chi connectivity index (χ3v) is 5.31. The molecule has 0 radical (unpaired) electrons. The molecule has 0 atom stereocenters. The van der Waals surface area contributed by atoms with Crippen molar-refractivity contribution >= 4 is 28.4 Å². The van der Waals surface area contributed by atoms with Gasteiger partial charge in [-0.1, -0.05) is 30.0 Å². The first-order chi connectivity index (χ1) is 11.9. The van der Waals surface area contributed by atoms with E-state index in [0.717, 1.165) is 38.7 Å². The van der Waals surface area contributed by atoms with E-state index in [9.17, 15) is 4.79 Å². The largest absolute Gasteiger partial charge is 0.346 e. The molecule has 2 aromatic heterocycles. The second kappa shape index (κ2) is 7.00. The fourth-order valence-corrected chi connectivity index (χ4v) is 4.28. The maximum Gasteiger partial charge on any atom is 0.174 e. The molecule has 3 aromatic rings. The minimum Gasteiger partial charge on any atom is -0.346 e. The van der Waals surface area contributed by atoms with Crippen molar-refractivity contribution in [2.45, 2.75) is 45.7 Å². The van der Waals surface area contributed by atoms with Crippen LogP contribution in [-0.4, -0.2) is 26.1 Å². The maximum absolute atomic E-state index is 12.8. The van der Waals surface area contributed by atoms with E-state index in [2.05, 4.69) is 35.3 Å². The van der Waals surface area contributed by atoms with Crippen molar-refractivity contribution in [3.63, 3.8) is 0 Å². The number of aromatic nitrogens is 3. The highest BCUT2D eigenvalue weighted by Crippen LogP contribution is 2.27. The zero-order chi connectivity index (χ0) is 18.1. The maximum atomic E-state index is 12.8. The number of nitrogens with zero attached hydrogens (tertiary/aromatic N) is 3. The molecule has 1 aromatic carbocycles. The summed E-state index contributed by atoms with van der Waals surface area (Å²) in [4.78, 5) is 21.8. The van der Waals surface area contributed by atoms with Gasteiger partial charge in [-0.3, -0.25) is 4.79 Å². The lowest BCUT2D eigenvalue weighted by atomic mass is 10.2. The quantitative estimate of drug-likeness (QED) is 0.371. The molecule has 3 rings (SSSR count). The second-order valence-corrected chi connectivity index (χ2v) is 7.52. The number of Topliss-reactive ketones (excluding diaryl/α,β-unsaturated/α-hetero) is 1. The van der Waals surface area contributed by atoms with Crippen LogP contribution in [0, 0.1) is 20.8 Å². The Morgan fingerprint density at radius 1 is 1.16 bits per heavy atom. The molecule has 0 saturated carbocycles. The topological polar surface area (TPSA) is 47.8 Å². The summed E-state index contributed by atoms with van der Waals surface area (Å²) in [6.07, 6.45) is 0. The van der Waals surface area contributed by atoms with Crippen LogP contribution in [0.25, 0.3) is 10.9 Å². The molecular weight excluding hydrogens is 330 g/mol. The Bertz CT molecular complexity index is 944. The van der Waals surface area contributed by atoms with Gasteiger partial charge in [-0.2, -0.15) is 0 Å². The van der Waals surface area contributed by atoms with Crippen LogP contribution >= 0.6 is 11.8 Å². The fourth-order valence-electron chi connectivity index (χ4n) is 3.33. The summed E-state index contributed by atoms with van der Waals surface area (Å²) < 4.78 is 2.21. The summed E-state index contributed by atoms with van der Waals surface area (Å²) in [7, 11) is 0. The van der Waals surface area contributed by atoms with E-state index in [1.165, 1.54) is 11.8 Å². The van der Waals surface area contributed by atoms with Gasteiger partial charge >= 0.3 is 0 Å². The third-order valence-electron chi connectivity index (χ3n) is 4.32. The van der Waals surface area contributed by atoms with Crippen LogP contribution in [0.4, 0.5) is 0 Å². The molecule has 0 amide bonds. The van der Waals surface area contributed by atoms with Gasteiger partial charge in [0.25, 0.3) is 0 Å². The van der Waals surface area contributed by atoms with E-state index in [4.69, 9.17) is 0 Å². The zero-order valence-corrected chi connectivity index (χ0v) is 16.1. The number of benzene rings is 1. The Labute approximate surface area is 152 Å². The standard InChI is InChI=1S/C20H23N3OS/c1-12(2)23-13(3)10-17(14(23)4)19(24)11-25-20-16-8-6-7-9-18(16)21-15(5)22-20/h6-10,12H,11H2,1-5H3. The molecule has 0 N–H and O–H groups in total. The fraction of sp³-hybridized carbons (Fsp3) is 0.350. The monoisotopic (exact) mass is 353 g/mol.